The number of hydrogen-bond donors (Lipinski definition) is 3. The van der Waals surface area contributed by atoms with Crippen molar-refractivity contribution in [3.63, 3.8) is 0 Å². The van der Waals surface area contributed by atoms with E-state index in [9.17, 15) is 9.59 Å². The highest BCUT2D eigenvalue weighted by Gasteiger charge is 2.22. The number of carbonyl (C=O) groups excluding carboxylic acids is 2. The first-order valence-electron chi connectivity index (χ1n) is 9.94. The summed E-state index contributed by atoms with van der Waals surface area (Å²) < 4.78 is 0. The highest BCUT2D eigenvalue weighted by molar-refractivity contribution is 7.15. The summed E-state index contributed by atoms with van der Waals surface area (Å²) in [7, 11) is 1.61. The molecule has 3 rings (SSSR count). The smallest absolute Gasteiger partial charge is 0.321 e. The Balaban J connectivity index is 1.53. The number of carbonyl (C=O) groups is 2. The molecule has 1 fully saturated rings. The Hall–Kier alpha value is -2.68. The molecule has 2 aromatic heterocycles. The fourth-order valence-corrected chi connectivity index (χ4v) is 4.49. The zero-order chi connectivity index (χ0) is 20.8. The van der Waals surface area contributed by atoms with Gasteiger partial charge in [0.05, 0.1) is 11.4 Å². The molecule has 2 aromatic rings. The van der Waals surface area contributed by atoms with E-state index in [0.717, 1.165) is 43.7 Å². The van der Waals surface area contributed by atoms with Crippen LogP contribution in [-0.2, 0) is 6.42 Å². The highest BCUT2D eigenvalue weighted by Crippen LogP contribution is 2.29. The zero-order valence-corrected chi connectivity index (χ0v) is 17.9. The Morgan fingerprint density at radius 2 is 2.03 bits per heavy atom. The third-order valence-corrected chi connectivity index (χ3v) is 6.01. The summed E-state index contributed by atoms with van der Waals surface area (Å²) >= 11 is 1.54. The number of amides is 3. The number of aromatic nitrogens is 2. The average molecular weight is 417 g/mol. The minimum atomic E-state index is -0.215. The van der Waals surface area contributed by atoms with Gasteiger partial charge in [0, 0.05) is 37.8 Å². The summed E-state index contributed by atoms with van der Waals surface area (Å²) in [5.74, 6) is 0.436. The van der Waals surface area contributed by atoms with Gasteiger partial charge in [-0.1, -0.05) is 0 Å². The van der Waals surface area contributed by atoms with Gasteiger partial charge >= 0.3 is 6.03 Å². The quantitative estimate of drug-likeness (QED) is 0.672. The van der Waals surface area contributed by atoms with E-state index in [4.69, 9.17) is 0 Å². The molecule has 0 aliphatic carbocycles. The van der Waals surface area contributed by atoms with Gasteiger partial charge in [-0.3, -0.25) is 10.1 Å². The first-order chi connectivity index (χ1) is 14.0. The van der Waals surface area contributed by atoms with Crippen LogP contribution in [0, 0.1) is 12.8 Å². The number of rotatable bonds is 6. The zero-order valence-electron chi connectivity index (χ0n) is 17.1. The fraction of sp³-hybridized carbons (Fsp3) is 0.500. The number of nitrogens with one attached hydrogen (secondary N) is 3. The van der Waals surface area contributed by atoms with Crippen LogP contribution in [0.4, 0.5) is 15.6 Å². The lowest BCUT2D eigenvalue weighted by Crippen LogP contribution is -2.35. The first kappa shape index (κ1) is 21.0. The Labute approximate surface area is 175 Å². The second-order valence-corrected chi connectivity index (χ2v) is 8.25. The number of piperidine rings is 1. The van der Waals surface area contributed by atoms with Gasteiger partial charge in [-0.25, -0.2) is 14.8 Å². The number of hydrogen-bond acceptors (Lipinski definition) is 6. The Morgan fingerprint density at radius 1 is 1.28 bits per heavy atom. The van der Waals surface area contributed by atoms with Crippen molar-refractivity contribution in [2.24, 2.45) is 5.92 Å². The lowest BCUT2D eigenvalue weighted by atomic mass is 9.92. The van der Waals surface area contributed by atoms with Gasteiger partial charge in [0.2, 0.25) is 0 Å². The number of nitrogens with zero attached hydrogens (tertiary/aromatic N) is 3. The van der Waals surface area contributed by atoms with Crippen LogP contribution < -0.4 is 20.9 Å². The van der Waals surface area contributed by atoms with Crippen molar-refractivity contribution in [1.82, 2.24) is 20.6 Å². The number of urea groups is 1. The maximum atomic E-state index is 11.7. The maximum Gasteiger partial charge on any atom is 0.321 e. The van der Waals surface area contributed by atoms with Gasteiger partial charge in [-0.15, -0.1) is 11.3 Å². The molecule has 1 aliphatic heterocycles. The van der Waals surface area contributed by atoms with E-state index in [1.807, 2.05) is 26.1 Å². The van der Waals surface area contributed by atoms with Crippen LogP contribution >= 0.6 is 11.3 Å². The minimum absolute atomic E-state index is 0.163. The number of aryl methyl sites for hydroxylation is 1. The van der Waals surface area contributed by atoms with Crippen LogP contribution in [0.15, 0.2) is 18.3 Å². The van der Waals surface area contributed by atoms with E-state index in [-0.39, 0.29) is 11.9 Å². The SMILES string of the molecule is CCNC(=O)Nc1ncc(CC2CCN(c3ccc(C(=O)NC)nc3C)CC2)s1. The normalized spacial score (nSPS) is 14.5. The summed E-state index contributed by atoms with van der Waals surface area (Å²) in [4.78, 5) is 35.6. The molecule has 1 saturated heterocycles. The van der Waals surface area contributed by atoms with Crippen molar-refractivity contribution < 1.29 is 9.59 Å². The molecule has 29 heavy (non-hydrogen) atoms. The van der Waals surface area contributed by atoms with Gasteiger partial charge in [0.15, 0.2) is 5.13 Å². The van der Waals surface area contributed by atoms with E-state index in [0.29, 0.717) is 23.3 Å². The van der Waals surface area contributed by atoms with E-state index < -0.39 is 0 Å². The van der Waals surface area contributed by atoms with Crippen molar-refractivity contribution in [3.05, 3.63) is 34.6 Å². The van der Waals surface area contributed by atoms with Crippen molar-refractivity contribution >= 4 is 34.1 Å². The predicted octanol–water partition coefficient (Wildman–Crippen LogP) is 2.81. The summed E-state index contributed by atoms with van der Waals surface area (Å²) in [6, 6.07) is 3.57. The summed E-state index contributed by atoms with van der Waals surface area (Å²) in [6.07, 6.45) is 5.03. The van der Waals surface area contributed by atoms with E-state index in [1.165, 1.54) is 4.88 Å². The van der Waals surface area contributed by atoms with Crippen molar-refractivity contribution in [1.29, 1.82) is 0 Å². The molecule has 0 radical (unpaired) electrons. The van der Waals surface area contributed by atoms with E-state index in [1.54, 1.807) is 24.5 Å². The molecule has 0 saturated carbocycles. The lowest BCUT2D eigenvalue weighted by Gasteiger charge is -2.34. The van der Waals surface area contributed by atoms with Crippen LogP contribution in [0.2, 0.25) is 0 Å². The van der Waals surface area contributed by atoms with Gasteiger partial charge in [0.1, 0.15) is 5.69 Å². The number of anilines is 2. The van der Waals surface area contributed by atoms with Gasteiger partial charge in [-0.2, -0.15) is 0 Å². The van der Waals surface area contributed by atoms with Crippen molar-refractivity contribution in [3.8, 4) is 0 Å². The third kappa shape index (κ3) is 5.44. The highest BCUT2D eigenvalue weighted by atomic mass is 32.1. The molecule has 0 aromatic carbocycles. The number of pyridine rings is 1. The van der Waals surface area contributed by atoms with Crippen LogP contribution in [0.25, 0.3) is 0 Å². The molecule has 3 N–H and O–H groups in total. The van der Waals surface area contributed by atoms with Crippen LogP contribution in [0.1, 0.15) is 40.8 Å². The molecular formula is C20H28N6O2S. The van der Waals surface area contributed by atoms with Gasteiger partial charge in [0.25, 0.3) is 5.91 Å². The van der Waals surface area contributed by atoms with Gasteiger partial charge in [-0.05, 0) is 51.2 Å². The molecule has 3 amide bonds. The molecule has 0 bridgehead atoms. The summed E-state index contributed by atoms with van der Waals surface area (Å²) in [5.41, 5.74) is 2.43. The number of thiazole rings is 1. The second kappa shape index (κ2) is 9.69. The molecule has 0 unspecified atom stereocenters. The summed E-state index contributed by atoms with van der Waals surface area (Å²) in [5, 5.41) is 8.72. The molecular weight excluding hydrogens is 388 g/mol. The molecule has 0 atom stereocenters. The Kier molecular flexibility index (Phi) is 7.03. The van der Waals surface area contributed by atoms with E-state index >= 15 is 0 Å². The molecule has 156 valence electrons. The predicted molar refractivity (Wildman–Crippen MR) is 116 cm³/mol. The molecule has 1 aliphatic rings. The molecule has 3 heterocycles. The molecule has 8 nitrogen and oxygen atoms in total. The fourth-order valence-electron chi connectivity index (χ4n) is 3.57. The molecule has 9 heteroatoms. The lowest BCUT2D eigenvalue weighted by molar-refractivity contribution is 0.0958. The van der Waals surface area contributed by atoms with Crippen LogP contribution in [0.3, 0.4) is 0 Å². The Bertz CT molecular complexity index is 860. The van der Waals surface area contributed by atoms with Crippen molar-refractivity contribution in [2.75, 3.05) is 36.9 Å². The molecule has 0 spiro atoms. The largest absolute Gasteiger partial charge is 0.370 e. The topological polar surface area (TPSA) is 99.3 Å². The first-order valence-corrected chi connectivity index (χ1v) is 10.8. The monoisotopic (exact) mass is 416 g/mol. The van der Waals surface area contributed by atoms with Crippen LogP contribution in [-0.4, -0.2) is 48.6 Å². The van der Waals surface area contributed by atoms with E-state index in [2.05, 4.69) is 30.8 Å². The van der Waals surface area contributed by atoms with Gasteiger partial charge < -0.3 is 15.5 Å². The second-order valence-electron chi connectivity index (χ2n) is 7.13. The third-order valence-electron chi connectivity index (χ3n) is 5.07. The maximum absolute atomic E-state index is 11.7. The van der Waals surface area contributed by atoms with Crippen molar-refractivity contribution in [2.45, 2.75) is 33.1 Å². The minimum Gasteiger partial charge on any atom is -0.370 e. The standard InChI is InChI=1S/C20H28N6O2S/c1-4-22-19(28)25-20-23-12-15(29-20)11-14-7-9-26(10-8-14)17-6-5-16(18(27)21-3)24-13(17)2/h5-6,12,14H,4,7-11H2,1-3H3,(H,21,27)(H2,22,23,25,28). The Morgan fingerprint density at radius 3 is 2.69 bits per heavy atom. The summed E-state index contributed by atoms with van der Waals surface area (Å²) in [6.45, 7) is 6.36. The van der Waals surface area contributed by atoms with Crippen LogP contribution in [0.5, 0.6) is 0 Å². The average Bonchev–Trinajstić information content (AvgIpc) is 3.14.